The minimum absolute atomic E-state index is 0.0991. The van der Waals surface area contributed by atoms with Crippen LogP contribution in [0.3, 0.4) is 0 Å². The average Bonchev–Trinajstić information content (AvgIpc) is 3.07. The molecule has 0 bridgehead atoms. The first-order chi connectivity index (χ1) is 22.9. The Morgan fingerprint density at radius 3 is 1.52 bits per heavy atom. The summed E-state index contributed by atoms with van der Waals surface area (Å²) in [5.41, 5.74) is 11.2. The van der Waals surface area contributed by atoms with Gasteiger partial charge in [-0.15, -0.1) is 0 Å². The summed E-state index contributed by atoms with van der Waals surface area (Å²) in [6.07, 6.45) is 10.6. The van der Waals surface area contributed by atoms with E-state index in [9.17, 15) is 0 Å². The second-order valence-corrected chi connectivity index (χ2v) is 15.9. The largest absolute Gasteiger partial charge is 0.497 e. The quantitative estimate of drug-likeness (QED) is 0.290. The summed E-state index contributed by atoms with van der Waals surface area (Å²) in [5.74, 6) is 3.55. The van der Waals surface area contributed by atoms with Crippen LogP contribution in [0.1, 0.15) is 77.5 Å². The maximum Gasteiger partial charge on any atom is 0.118 e. The van der Waals surface area contributed by atoms with Crippen molar-refractivity contribution < 1.29 is 14.2 Å². The van der Waals surface area contributed by atoms with E-state index in [4.69, 9.17) is 14.2 Å². The predicted octanol–water partition coefficient (Wildman–Crippen LogP) is 10.4. The third-order valence-corrected chi connectivity index (χ3v) is 10.8. The van der Waals surface area contributed by atoms with Gasteiger partial charge in [0.15, 0.2) is 0 Å². The molecule has 1 fully saturated rings. The number of allylic oxidation sites excluding steroid dienone is 1. The summed E-state index contributed by atoms with van der Waals surface area (Å²) in [6, 6.07) is 26.0. The zero-order chi connectivity index (χ0) is 34.2. The highest BCUT2D eigenvalue weighted by Crippen LogP contribution is 2.52. The first kappa shape index (κ1) is 33.9. The molecular formula is C44H53NO3. The molecule has 4 nitrogen and oxygen atoms in total. The molecule has 0 radical (unpaired) electrons. The van der Waals surface area contributed by atoms with E-state index in [1.807, 2.05) is 0 Å². The fraction of sp³-hybridized carbons (Fsp3) is 0.409. The Bertz CT molecular complexity index is 1720. The van der Waals surface area contributed by atoms with E-state index in [0.717, 1.165) is 36.5 Å². The summed E-state index contributed by atoms with van der Waals surface area (Å²) >= 11 is 0. The number of hydrogen-bond donors (Lipinski definition) is 1. The predicted molar refractivity (Wildman–Crippen MR) is 200 cm³/mol. The van der Waals surface area contributed by atoms with Crippen LogP contribution >= 0.6 is 0 Å². The molecule has 3 aromatic rings. The van der Waals surface area contributed by atoms with E-state index in [-0.39, 0.29) is 22.9 Å². The highest BCUT2D eigenvalue weighted by atomic mass is 16.5. The number of fused-ring (bicyclic) bond motifs is 2. The third-order valence-electron chi connectivity index (χ3n) is 10.8. The Balaban J connectivity index is 1.58. The van der Waals surface area contributed by atoms with Crippen LogP contribution in [0.15, 0.2) is 101 Å². The van der Waals surface area contributed by atoms with Crippen LogP contribution in [0.5, 0.6) is 17.2 Å². The molecule has 1 heterocycles. The minimum Gasteiger partial charge on any atom is -0.497 e. The molecule has 1 saturated carbocycles. The summed E-state index contributed by atoms with van der Waals surface area (Å²) in [4.78, 5) is 0. The summed E-state index contributed by atoms with van der Waals surface area (Å²) in [6.45, 7) is 14.4. The van der Waals surface area contributed by atoms with Gasteiger partial charge >= 0.3 is 0 Å². The van der Waals surface area contributed by atoms with E-state index in [2.05, 4.69) is 138 Å². The molecule has 6 rings (SSSR count). The van der Waals surface area contributed by atoms with Gasteiger partial charge in [-0.05, 0) is 123 Å². The topological polar surface area (TPSA) is 39.7 Å². The molecule has 252 valence electrons. The highest BCUT2D eigenvalue weighted by molar-refractivity contribution is 5.88. The number of rotatable bonds is 6. The van der Waals surface area contributed by atoms with Gasteiger partial charge in [0.1, 0.15) is 17.2 Å². The van der Waals surface area contributed by atoms with Crippen LogP contribution in [0, 0.1) is 22.7 Å². The number of nitrogens with one attached hydrogen (secondary N) is 1. The maximum absolute atomic E-state index is 5.61. The highest BCUT2D eigenvalue weighted by Gasteiger charge is 2.45. The average molecular weight is 644 g/mol. The van der Waals surface area contributed by atoms with E-state index < -0.39 is 0 Å². The van der Waals surface area contributed by atoms with E-state index >= 15 is 0 Å². The van der Waals surface area contributed by atoms with Gasteiger partial charge in [-0.25, -0.2) is 0 Å². The fourth-order valence-corrected chi connectivity index (χ4v) is 7.65. The minimum atomic E-state index is 0.0991. The molecular weight excluding hydrogens is 590 g/mol. The molecule has 0 amide bonds. The number of methoxy groups -OCH3 is 3. The zero-order valence-corrected chi connectivity index (χ0v) is 30.3. The Kier molecular flexibility index (Phi) is 9.51. The van der Waals surface area contributed by atoms with Crippen LogP contribution in [0.4, 0.5) is 0 Å². The Morgan fingerprint density at radius 1 is 0.583 bits per heavy atom. The molecule has 1 aliphatic heterocycles. The second kappa shape index (κ2) is 13.5. The van der Waals surface area contributed by atoms with Crippen LogP contribution in [0.25, 0.3) is 17.7 Å². The van der Waals surface area contributed by atoms with E-state index in [0.29, 0.717) is 11.8 Å². The van der Waals surface area contributed by atoms with Crippen molar-refractivity contribution in [3.63, 3.8) is 0 Å². The van der Waals surface area contributed by atoms with Gasteiger partial charge in [-0.2, -0.15) is 0 Å². The lowest BCUT2D eigenvalue weighted by Crippen LogP contribution is -2.51. The maximum atomic E-state index is 5.61. The van der Waals surface area contributed by atoms with Crippen LogP contribution < -0.4 is 19.5 Å². The van der Waals surface area contributed by atoms with Gasteiger partial charge < -0.3 is 14.2 Å². The summed E-state index contributed by atoms with van der Waals surface area (Å²) < 4.78 is 16.6. The number of hydrogen-bond acceptors (Lipinski definition) is 4. The van der Waals surface area contributed by atoms with Gasteiger partial charge in [0.05, 0.1) is 33.4 Å². The standard InChI is InChI=1S/C44H53NO3/c1-43(2,3)33-24-31(22-28-10-16-35(46-7)17-11-28)41-38(26-33)40(30-14-20-37(48-9)21-15-30)39-27-34(44(4,5)6)25-32(42(39)45-41)23-29-12-18-36(47-8)19-13-29/h10-23,26,33-34,41-42,45H,24-25,27H2,1-9H3. The van der Waals surface area contributed by atoms with Crippen LogP contribution in [0.2, 0.25) is 0 Å². The van der Waals surface area contributed by atoms with Crippen LogP contribution in [-0.4, -0.2) is 33.4 Å². The first-order valence-corrected chi connectivity index (χ1v) is 17.4. The van der Waals surface area contributed by atoms with E-state index in [1.54, 1.807) is 21.3 Å². The SMILES string of the molecule is COc1ccc(C=C2CC(C(C)(C)C)C=C3C(c4ccc(OC)cc4)=C4CC(C(C)(C)C)CC(=Cc5ccc(OC)cc5)C4NC23)cc1. The van der Waals surface area contributed by atoms with Crippen molar-refractivity contribution in [2.75, 3.05) is 21.3 Å². The van der Waals surface area contributed by atoms with Gasteiger partial charge in [0.25, 0.3) is 0 Å². The van der Waals surface area contributed by atoms with Crippen molar-refractivity contribution in [3.8, 4) is 17.2 Å². The molecule has 4 atom stereocenters. The molecule has 4 unspecified atom stereocenters. The first-order valence-electron chi connectivity index (χ1n) is 17.4. The summed E-state index contributed by atoms with van der Waals surface area (Å²) in [5, 5.41) is 4.27. The van der Waals surface area contributed by atoms with Crippen molar-refractivity contribution in [3.05, 3.63) is 118 Å². The lowest BCUT2D eigenvalue weighted by Gasteiger charge is -2.49. The lowest BCUT2D eigenvalue weighted by molar-refractivity contribution is 0.215. The fourth-order valence-electron chi connectivity index (χ4n) is 7.65. The molecule has 2 aliphatic carbocycles. The number of ether oxygens (including phenoxy) is 3. The molecule has 3 aromatic carbocycles. The Morgan fingerprint density at radius 2 is 1.06 bits per heavy atom. The van der Waals surface area contributed by atoms with Crippen molar-refractivity contribution in [2.24, 2.45) is 22.7 Å². The second-order valence-electron chi connectivity index (χ2n) is 15.9. The Labute approximate surface area is 288 Å². The Hall–Kier alpha value is -4.02. The molecule has 48 heavy (non-hydrogen) atoms. The molecule has 1 N–H and O–H groups in total. The van der Waals surface area contributed by atoms with Crippen molar-refractivity contribution in [2.45, 2.75) is 72.9 Å². The smallest absolute Gasteiger partial charge is 0.118 e. The molecule has 3 aliphatic rings. The molecule has 0 aromatic heterocycles. The molecule has 0 spiro atoms. The normalized spacial score (nSPS) is 24.6. The van der Waals surface area contributed by atoms with Crippen molar-refractivity contribution >= 4 is 17.7 Å². The lowest BCUT2D eigenvalue weighted by atomic mass is 9.62. The van der Waals surface area contributed by atoms with Crippen molar-refractivity contribution in [1.29, 1.82) is 0 Å². The molecule has 0 saturated heterocycles. The number of benzene rings is 3. The van der Waals surface area contributed by atoms with Gasteiger partial charge in [-0.3, -0.25) is 5.32 Å². The third kappa shape index (κ3) is 7.05. The van der Waals surface area contributed by atoms with Crippen LogP contribution in [-0.2, 0) is 0 Å². The van der Waals surface area contributed by atoms with Gasteiger partial charge in [0.2, 0.25) is 0 Å². The van der Waals surface area contributed by atoms with Gasteiger partial charge in [-0.1, -0.05) is 96.2 Å². The zero-order valence-electron chi connectivity index (χ0n) is 30.3. The summed E-state index contributed by atoms with van der Waals surface area (Å²) in [7, 11) is 5.19. The van der Waals surface area contributed by atoms with E-state index in [1.165, 1.54) is 44.6 Å². The van der Waals surface area contributed by atoms with Crippen molar-refractivity contribution in [1.82, 2.24) is 5.32 Å². The molecule has 4 heteroatoms. The van der Waals surface area contributed by atoms with Gasteiger partial charge in [0, 0.05) is 0 Å². The monoisotopic (exact) mass is 643 g/mol.